The first-order chi connectivity index (χ1) is 9.74. The van der Waals surface area contributed by atoms with Crippen LogP contribution in [0.1, 0.15) is 18.1 Å². The van der Waals surface area contributed by atoms with Gasteiger partial charge in [0.25, 0.3) is 0 Å². The lowest BCUT2D eigenvalue weighted by atomic mass is 10.1. The Hall–Kier alpha value is -1.84. The summed E-state index contributed by atoms with van der Waals surface area (Å²) in [7, 11) is 0. The summed E-state index contributed by atoms with van der Waals surface area (Å²) in [6.07, 6.45) is 0.849. The summed E-state index contributed by atoms with van der Waals surface area (Å²) in [5.41, 5.74) is 8.12. The van der Waals surface area contributed by atoms with Gasteiger partial charge in [-0.2, -0.15) is 0 Å². The van der Waals surface area contributed by atoms with Gasteiger partial charge in [-0.3, -0.25) is 0 Å². The maximum atomic E-state index is 5.80. The van der Waals surface area contributed by atoms with E-state index >= 15 is 0 Å². The van der Waals surface area contributed by atoms with Gasteiger partial charge in [0, 0.05) is 6.04 Å². The lowest BCUT2D eigenvalue weighted by Gasteiger charge is -2.10. The standard InChI is InChI=1S/C17H21NO2/c1-14(18)10-16-8-5-9-17(11-16)20-13-19-12-15-6-3-2-4-7-15/h2-9,11,14H,10,12-13,18H2,1H3. The molecule has 0 saturated heterocycles. The molecule has 0 heterocycles. The van der Waals surface area contributed by atoms with E-state index in [1.807, 2.05) is 55.5 Å². The van der Waals surface area contributed by atoms with Crippen molar-refractivity contribution in [3.05, 3.63) is 65.7 Å². The largest absolute Gasteiger partial charge is 0.468 e. The summed E-state index contributed by atoms with van der Waals surface area (Å²) in [6.45, 7) is 2.80. The fourth-order valence-electron chi connectivity index (χ4n) is 1.98. The third-order valence-corrected chi connectivity index (χ3v) is 2.88. The fraction of sp³-hybridized carbons (Fsp3) is 0.294. The molecule has 0 saturated carbocycles. The Bertz CT molecular complexity index is 511. The molecule has 1 atom stereocenters. The number of hydrogen-bond donors (Lipinski definition) is 1. The van der Waals surface area contributed by atoms with Crippen molar-refractivity contribution in [2.45, 2.75) is 26.0 Å². The van der Waals surface area contributed by atoms with E-state index in [0.29, 0.717) is 6.61 Å². The van der Waals surface area contributed by atoms with Gasteiger partial charge in [-0.25, -0.2) is 0 Å². The molecule has 0 bridgehead atoms. The van der Waals surface area contributed by atoms with Crippen molar-refractivity contribution in [3.63, 3.8) is 0 Å². The fourth-order valence-corrected chi connectivity index (χ4v) is 1.98. The van der Waals surface area contributed by atoms with Crippen LogP contribution in [0.2, 0.25) is 0 Å². The van der Waals surface area contributed by atoms with Crippen LogP contribution in [0.4, 0.5) is 0 Å². The van der Waals surface area contributed by atoms with Crippen LogP contribution in [0.25, 0.3) is 0 Å². The van der Waals surface area contributed by atoms with E-state index in [1.54, 1.807) is 0 Å². The highest BCUT2D eigenvalue weighted by Gasteiger charge is 2.00. The summed E-state index contributed by atoms with van der Waals surface area (Å²) >= 11 is 0. The smallest absolute Gasteiger partial charge is 0.189 e. The SMILES string of the molecule is CC(N)Cc1cccc(OCOCc2ccccc2)c1. The van der Waals surface area contributed by atoms with Crippen molar-refractivity contribution in [1.82, 2.24) is 0 Å². The normalized spacial score (nSPS) is 12.1. The van der Waals surface area contributed by atoms with Crippen LogP contribution in [-0.4, -0.2) is 12.8 Å². The zero-order valence-corrected chi connectivity index (χ0v) is 11.8. The van der Waals surface area contributed by atoms with E-state index in [-0.39, 0.29) is 12.8 Å². The zero-order chi connectivity index (χ0) is 14.2. The molecular formula is C17H21NO2. The van der Waals surface area contributed by atoms with Crippen molar-refractivity contribution < 1.29 is 9.47 Å². The van der Waals surface area contributed by atoms with E-state index < -0.39 is 0 Å². The minimum atomic E-state index is 0.152. The number of rotatable bonds is 7. The Balaban J connectivity index is 1.76. The van der Waals surface area contributed by atoms with Crippen molar-refractivity contribution >= 4 is 0 Å². The first kappa shape index (κ1) is 14.6. The molecule has 0 radical (unpaired) electrons. The molecular weight excluding hydrogens is 250 g/mol. The summed E-state index contributed by atoms with van der Waals surface area (Å²) in [6, 6.07) is 18.2. The predicted molar refractivity (Wildman–Crippen MR) is 80.5 cm³/mol. The molecule has 0 aliphatic heterocycles. The van der Waals surface area contributed by atoms with Crippen LogP contribution in [0.5, 0.6) is 5.75 Å². The molecule has 2 N–H and O–H groups in total. The van der Waals surface area contributed by atoms with Gasteiger partial charge in [0.1, 0.15) is 5.75 Å². The average Bonchev–Trinajstić information content (AvgIpc) is 2.44. The van der Waals surface area contributed by atoms with E-state index in [0.717, 1.165) is 17.7 Å². The summed E-state index contributed by atoms with van der Waals surface area (Å²) in [5, 5.41) is 0. The highest BCUT2D eigenvalue weighted by atomic mass is 16.7. The molecule has 1 unspecified atom stereocenters. The zero-order valence-electron chi connectivity index (χ0n) is 11.8. The minimum absolute atomic E-state index is 0.152. The lowest BCUT2D eigenvalue weighted by Crippen LogP contribution is -2.17. The quantitative estimate of drug-likeness (QED) is 0.621. The molecule has 2 aromatic rings. The molecule has 2 aromatic carbocycles. The van der Waals surface area contributed by atoms with E-state index in [1.165, 1.54) is 5.56 Å². The van der Waals surface area contributed by atoms with Crippen LogP contribution >= 0.6 is 0 Å². The molecule has 0 aromatic heterocycles. The van der Waals surface area contributed by atoms with Crippen LogP contribution < -0.4 is 10.5 Å². The van der Waals surface area contributed by atoms with Gasteiger partial charge >= 0.3 is 0 Å². The minimum Gasteiger partial charge on any atom is -0.468 e. The molecule has 0 aliphatic carbocycles. The topological polar surface area (TPSA) is 44.5 Å². The summed E-state index contributed by atoms with van der Waals surface area (Å²) in [4.78, 5) is 0. The monoisotopic (exact) mass is 271 g/mol. The molecule has 3 nitrogen and oxygen atoms in total. The van der Waals surface area contributed by atoms with Gasteiger partial charge < -0.3 is 15.2 Å². The van der Waals surface area contributed by atoms with Gasteiger partial charge in [-0.05, 0) is 36.6 Å². The average molecular weight is 271 g/mol. The number of benzene rings is 2. The van der Waals surface area contributed by atoms with Gasteiger partial charge in [-0.15, -0.1) is 0 Å². The molecule has 106 valence electrons. The van der Waals surface area contributed by atoms with Crippen LogP contribution in [0.3, 0.4) is 0 Å². The van der Waals surface area contributed by atoms with E-state index in [4.69, 9.17) is 15.2 Å². The maximum absolute atomic E-state index is 5.80. The maximum Gasteiger partial charge on any atom is 0.189 e. The Morgan fingerprint density at radius 1 is 1.00 bits per heavy atom. The molecule has 0 aliphatic rings. The van der Waals surface area contributed by atoms with Gasteiger partial charge in [0.05, 0.1) is 6.61 Å². The van der Waals surface area contributed by atoms with Crippen molar-refractivity contribution in [2.24, 2.45) is 5.73 Å². The third-order valence-electron chi connectivity index (χ3n) is 2.88. The van der Waals surface area contributed by atoms with Gasteiger partial charge in [0.15, 0.2) is 6.79 Å². The molecule has 0 spiro atoms. The number of hydrogen-bond acceptors (Lipinski definition) is 3. The molecule has 3 heteroatoms. The summed E-state index contributed by atoms with van der Waals surface area (Å²) < 4.78 is 11.1. The Labute approximate surface area is 120 Å². The second-order valence-corrected chi connectivity index (χ2v) is 4.93. The predicted octanol–water partition coefficient (Wildman–Crippen LogP) is 3.13. The van der Waals surface area contributed by atoms with Crippen LogP contribution in [0.15, 0.2) is 54.6 Å². The number of nitrogens with two attached hydrogens (primary N) is 1. The second-order valence-electron chi connectivity index (χ2n) is 4.93. The Kier molecular flexibility index (Phi) is 5.59. The van der Waals surface area contributed by atoms with Crippen molar-refractivity contribution in [1.29, 1.82) is 0 Å². The van der Waals surface area contributed by atoms with Crippen molar-refractivity contribution in [2.75, 3.05) is 6.79 Å². The molecule has 20 heavy (non-hydrogen) atoms. The lowest BCUT2D eigenvalue weighted by molar-refractivity contribution is 0.00501. The van der Waals surface area contributed by atoms with Gasteiger partial charge in [-0.1, -0.05) is 42.5 Å². The first-order valence-corrected chi connectivity index (χ1v) is 6.83. The molecule has 0 amide bonds. The Morgan fingerprint density at radius 3 is 2.50 bits per heavy atom. The van der Waals surface area contributed by atoms with Gasteiger partial charge in [0.2, 0.25) is 0 Å². The highest BCUT2D eigenvalue weighted by molar-refractivity contribution is 5.28. The highest BCUT2D eigenvalue weighted by Crippen LogP contribution is 2.14. The van der Waals surface area contributed by atoms with Crippen molar-refractivity contribution in [3.8, 4) is 5.75 Å². The Morgan fingerprint density at radius 2 is 1.75 bits per heavy atom. The number of ether oxygens (including phenoxy) is 2. The van der Waals surface area contributed by atoms with Crippen LogP contribution in [0, 0.1) is 0 Å². The second kappa shape index (κ2) is 7.68. The van der Waals surface area contributed by atoms with E-state index in [9.17, 15) is 0 Å². The summed E-state index contributed by atoms with van der Waals surface area (Å²) in [5.74, 6) is 0.816. The van der Waals surface area contributed by atoms with E-state index in [2.05, 4.69) is 6.07 Å². The molecule has 0 fully saturated rings. The first-order valence-electron chi connectivity index (χ1n) is 6.83. The molecule has 2 rings (SSSR count). The third kappa shape index (κ3) is 5.03. The van der Waals surface area contributed by atoms with Crippen LogP contribution in [-0.2, 0) is 17.8 Å².